The maximum absolute atomic E-state index is 12.6. The van der Waals surface area contributed by atoms with Crippen molar-refractivity contribution < 1.29 is 23.8 Å². The molecule has 0 saturated heterocycles. The van der Waals surface area contributed by atoms with E-state index in [-0.39, 0.29) is 5.92 Å². The summed E-state index contributed by atoms with van der Waals surface area (Å²) in [5.74, 6) is 0.469. The fourth-order valence-corrected chi connectivity index (χ4v) is 3.55. The summed E-state index contributed by atoms with van der Waals surface area (Å²) in [7, 11) is 1.33. The Hall–Kier alpha value is -3.02. The maximum Gasteiger partial charge on any atom is 0.410 e. The number of fused-ring (bicyclic) bond motifs is 1. The number of hydrogen-bond acceptors (Lipinski definition) is 5. The van der Waals surface area contributed by atoms with Crippen molar-refractivity contribution in [2.45, 2.75) is 39.8 Å². The Bertz CT molecular complexity index is 908. The zero-order valence-corrected chi connectivity index (χ0v) is 18.0. The number of aryl methyl sites for hydroxylation is 1. The molecule has 1 unspecified atom stereocenters. The molecule has 6 nitrogen and oxygen atoms in total. The summed E-state index contributed by atoms with van der Waals surface area (Å²) in [6.45, 7) is 7.14. The van der Waals surface area contributed by atoms with Gasteiger partial charge in [0, 0.05) is 6.54 Å². The molecule has 6 heteroatoms. The highest BCUT2D eigenvalue weighted by Crippen LogP contribution is 2.33. The molecule has 2 aromatic carbocycles. The molecule has 2 aromatic rings. The molecule has 1 heterocycles. The second-order valence-electron chi connectivity index (χ2n) is 7.98. The van der Waals surface area contributed by atoms with Gasteiger partial charge in [-0.2, -0.15) is 0 Å². The minimum Gasteiger partial charge on any atom is -0.489 e. The molecule has 1 atom stereocenters. The van der Waals surface area contributed by atoms with Gasteiger partial charge in [-0.15, -0.1) is 0 Å². The van der Waals surface area contributed by atoms with Crippen molar-refractivity contribution in [3.8, 4) is 5.75 Å². The monoisotopic (exact) mass is 411 g/mol. The van der Waals surface area contributed by atoms with Crippen molar-refractivity contribution in [3.63, 3.8) is 0 Å². The number of rotatable bonds is 6. The van der Waals surface area contributed by atoms with Crippen molar-refractivity contribution >= 4 is 12.1 Å². The average Bonchev–Trinajstić information content (AvgIpc) is 2.74. The second kappa shape index (κ2) is 9.65. The second-order valence-corrected chi connectivity index (χ2v) is 7.98. The van der Waals surface area contributed by atoms with Crippen molar-refractivity contribution in [1.82, 2.24) is 4.90 Å². The number of hydrogen-bond donors (Lipinski definition) is 0. The highest BCUT2D eigenvalue weighted by Gasteiger charge is 2.37. The van der Waals surface area contributed by atoms with Crippen LogP contribution in [0.2, 0.25) is 0 Å². The molecule has 1 aliphatic rings. The van der Waals surface area contributed by atoms with Gasteiger partial charge in [-0.05, 0) is 48.1 Å². The maximum atomic E-state index is 12.6. The summed E-state index contributed by atoms with van der Waals surface area (Å²) >= 11 is 0. The largest absolute Gasteiger partial charge is 0.489 e. The predicted octanol–water partition coefficient (Wildman–Crippen LogP) is 4.44. The van der Waals surface area contributed by atoms with E-state index in [1.165, 1.54) is 17.6 Å². The third-order valence-electron chi connectivity index (χ3n) is 5.03. The Morgan fingerprint density at radius 1 is 1.17 bits per heavy atom. The quantitative estimate of drug-likeness (QED) is 0.658. The van der Waals surface area contributed by atoms with Crippen molar-refractivity contribution in [3.05, 3.63) is 64.7 Å². The van der Waals surface area contributed by atoms with Gasteiger partial charge in [-0.1, -0.05) is 49.7 Å². The topological polar surface area (TPSA) is 65.1 Å². The van der Waals surface area contributed by atoms with Crippen LogP contribution in [0.5, 0.6) is 5.75 Å². The van der Waals surface area contributed by atoms with Gasteiger partial charge in [0.05, 0.1) is 13.7 Å². The van der Waals surface area contributed by atoms with E-state index in [2.05, 4.69) is 6.07 Å². The molecule has 0 aromatic heterocycles. The summed E-state index contributed by atoms with van der Waals surface area (Å²) < 4.78 is 16.3. The first-order valence-corrected chi connectivity index (χ1v) is 10.2. The average molecular weight is 411 g/mol. The van der Waals surface area contributed by atoms with Crippen LogP contribution in [-0.2, 0) is 27.3 Å². The Morgan fingerprint density at radius 2 is 1.97 bits per heavy atom. The number of nitrogens with zero attached hydrogens (tertiary/aromatic N) is 1. The van der Waals surface area contributed by atoms with Crippen LogP contribution in [0.3, 0.4) is 0 Å². The number of methoxy groups -OCH3 is 1. The van der Waals surface area contributed by atoms with Crippen LogP contribution in [0.4, 0.5) is 4.79 Å². The molecule has 0 saturated carbocycles. The molecule has 1 amide bonds. The first-order chi connectivity index (χ1) is 14.4. The predicted molar refractivity (Wildman–Crippen MR) is 113 cm³/mol. The summed E-state index contributed by atoms with van der Waals surface area (Å²) in [6, 6.07) is 13.0. The van der Waals surface area contributed by atoms with Gasteiger partial charge in [-0.3, -0.25) is 4.90 Å². The number of esters is 1. The molecular weight excluding hydrogens is 382 g/mol. The summed E-state index contributed by atoms with van der Waals surface area (Å²) in [5, 5.41) is 0. The molecule has 0 bridgehead atoms. The van der Waals surface area contributed by atoms with Crippen LogP contribution in [0.25, 0.3) is 0 Å². The van der Waals surface area contributed by atoms with Crippen LogP contribution >= 0.6 is 0 Å². The molecule has 3 rings (SSSR count). The SMILES string of the molecule is COC(=O)C1c2ccc(OCc3cccc(C)c3)cc2CCN1C(=O)OCC(C)C. The number of benzene rings is 2. The third-order valence-corrected chi connectivity index (χ3v) is 5.03. The first-order valence-electron chi connectivity index (χ1n) is 10.2. The lowest BCUT2D eigenvalue weighted by Crippen LogP contribution is -2.44. The van der Waals surface area contributed by atoms with Gasteiger partial charge in [0.1, 0.15) is 12.4 Å². The molecular formula is C24H29NO5. The summed E-state index contributed by atoms with van der Waals surface area (Å²) in [5.41, 5.74) is 4.00. The Kier molecular flexibility index (Phi) is 6.98. The Labute approximate surface area is 177 Å². The van der Waals surface area contributed by atoms with Crippen LogP contribution in [0, 0.1) is 12.8 Å². The van der Waals surface area contributed by atoms with Crippen molar-refractivity contribution in [2.24, 2.45) is 5.92 Å². The number of amides is 1. The van der Waals surface area contributed by atoms with Crippen molar-refractivity contribution in [2.75, 3.05) is 20.3 Å². The molecule has 0 aliphatic carbocycles. The third kappa shape index (κ3) is 5.12. The van der Waals surface area contributed by atoms with E-state index >= 15 is 0 Å². The minimum absolute atomic E-state index is 0.218. The van der Waals surface area contributed by atoms with Crippen LogP contribution < -0.4 is 4.74 Å². The van der Waals surface area contributed by atoms with E-state index < -0.39 is 18.1 Å². The van der Waals surface area contributed by atoms with Gasteiger partial charge in [0.2, 0.25) is 0 Å². The standard InChI is InChI=1S/C24H29NO5/c1-16(2)14-30-24(27)25-11-10-19-13-20(8-9-21(19)22(25)23(26)28-4)29-15-18-7-5-6-17(3)12-18/h5-9,12-13,16,22H,10-11,14-15H2,1-4H3. The highest BCUT2D eigenvalue weighted by atomic mass is 16.6. The highest BCUT2D eigenvalue weighted by molar-refractivity contribution is 5.84. The fourth-order valence-electron chi connectivity index (χ4n) is 3.55. The van der Waals surface area contributed by atoms with Crippen LogP contribution in [0.1, 0.15) is 42.1 Å². The number of carbonyl (C=O) groups is 2. The smallest absolute Gasteiger partial charge is 0.410 e. The van der Waals surface area contributed by atoms with E-state index in [1.807, 2.05) is 57.2 Å². The molecule has 1 aliphatic heterocycles. The summed E-state index contributed by atoms with van der Waals surface area (Å²) in [6.07, 6.45) is 0.117. The molecule has 0 radical (unpaired) electrons. The van der Waals surface area contributed by atoms with E-state index in [1.54, 1.807) is 0 Å². The van der Waals surface area contributed by atoms with Gasteiger partial charge in [-0.25, -0.2) is 9.59 Å². The Balaban J connectivity index is 1.78. The van der Waals surface area contributed by atoms with E-state index in [4.69, 9.17) is 14.2 Å². The minimum atomic E-state index is -0.816. The van der Waals surface area contributed by atoms with Gasteiger partial charge in [0.25, 0.3) is 0 Å². The van der Waals surface area contributed by atoms with E-state index in [0.29, 0.717) is 26.2 Å². The zero-order valence-electron chi connectivity index (χ0n) is 18.0. The molecule has 160 valence electrons. The van der Waals surface area contributed by atoms with E-state index in [9.17, 15) is 9.59 Å². The molecule has 0 spiro atoms. The normalized spacial score (nSPS) is 15.5. The molecule has 0 N–H and O–H groups in total. The Morgan fingerprint density at radius 3 is 2.67 bits per heavy atom. The van der Waals surface area contributed by atoms with Crippen LogP contribution in [0.15, 0.2) is 42.5 Å². The lowest BCUT2D eigenvalue weighted by Gasteiger charge is -2.35. The fraction of sp³-hybridized carbons (Fsp3) is 0.417. The van der Waals surface area contributed by atoms with Gasteiger partial charge in [0.15, 0.2) is 6.04 Å². The van der Waals surface area contributed by atoms with Gasteiger partial charge >= 0.3 is 12.1 Å². The molecule has 0 fully saturated rings. The van der Waals surface area contributed by atoms with Gasteiger partial charge < -0.3 is 14.2 Å². The first kappa shape index (κ1) is 21.7. The summed E-state index contributed by atoms with van der Waals surface area (Å²) in [4.78, 5) is 26.5. The van der Waals surface area contributed by atoms with E-state index in [0.717, 1.165) is 22.4 Å². The lowest BCUT2D eigenvalue weighted by atomic mass is 9.92. The molecule has 30 heavy (non-hydrogen) atoms. The lowest BCUT2D eigenvalue weighted by molar-refractivity contribution is -0.147. The van der Waals surface area contributed by atoms with Crippen molar-refractivity contribution in [1.29, 1.82) is 0 Å². The zero-order chi connectivity index (χ0) is 21.7. The van der Waals surface area contributed by atoms with Crippen LogP contribution in [-0.4, -0.2) is 37.2 Å². The number of carbonyl (C=O) groups excluding carboxylic acids is 2. The number of ether oxygens (including phenoxy) is 3.